The largest absolute Gasteiger partial charge is 0.494 e. The lowest BCUT2D eigenvalue weighted by atomic mass is 10.1. The summed E-state index contributed by atoms with van der Waals surface area (Å²) in [6.45, 7) is 5.85. The normalized spacial score (nSPS) is 11.3. The van der Waals surface area contributed by atoms with Crippen LogP contribution in [-0.4, -0.2) is 19.2 Å². The van der Waals surface area contributed by atoms with E-state index >= 15 is 0 Å². The number of unbranched alkanes of at least 4 members (excludes halogenated alkanes) is 11. The van der Waals surface area contributed by atoms with E-state index < -0.39 is 5.97 Å². The summed E-state index contributed by atoms with van der Waals surface area (Å²) < 4.78 is 17.5. The van der Waals surface area contributed by atoms with Crippen LogP contribution in [0.5, 0.6) is 17.2 Å². The van der Waals surface area contributed by atoms with Crippen molar-refractivity contribution in [3.05, 3.63) is 90.5 Å². The molecule has 0 saturated carbocycles. The zero-order chi connectivity index (χ0) is 32.2. The maximum Gasteiger partial charge on any atom is 0.343 e. The van der Waals surface area contributed by atoms with E-state index in [0.717, 1.165) is 47.4 Å². The van der Waals surface area contributed by atoms with Crippen molar-refractivity contribution in [2.75, 3.05) is 13.2 Å². The van der Waals surface area contributed by atoms with Crippen molar-refractivity contribution in [1.82, 2.24) is 0 Å². The third kappa shape index (κ3) is 11.6. The van der Waals surface area contributed by atoms with Crippen LogP contribution >= 0.6 is 0 Å². The van der Waals surface area contributed by atoms with Gasteiger partial charge in [0, 0.05) is 10.8 Å². The van der Waals surface area contributed by atoms with E-state index in [1.54, 1.807) is 18.2 Å². The van der Waals surface area contributed by atoms with E-state index in [-0.39, 0.29) is 0 Å². The Balaban J connectivity index is 1.25. The number of nitrogens with zero attached hydrogens (tertiary/aromatic N) is 2. The average Bonchev–Trinajstić information content (AvgIpc) is 3.09. The molecule has 4 aromatic carbocycles. The summed E-state index contributed by atoms with van der Waals surface area (Å²) in [7, 11) is 0. The molecular weight excluding hydrogens is 572 g/mol. The van der Waals surface area contributed by atoms with Gasteiger partial charge in [-0.3, -0.25) is 0 Å². The van der Waals surface area contributed by atoms with Gasteiger partial charge in [-0.15, -0.1) is 5.11 Å². The zero-order valence-corrected chi connectivity index (χ0v) is 27.7. The minimum absolute atomic E-state index is 0.419. The van der Waals surface area contributed by atoms with Crippen LogP contribution in [0, 0.1) is 0 Å². The Morgan fingerprint density at radius 3 is 1.70 bits per heavy atom. The molecule has 0 radical (unpaired) electrons. The molecule has 0 N–H and O–H groups in total. The van der Waals surface area contributed by atoms with Gasteiger partial charge in [0.25, 0.3) is 0 Å². The molecule has 6 heteroatoms. The minimum Gasteiger partial charge on any atom is -0.494 e. The summed E-state index contributed by atoms with van der Waals surface area (Å²) in [5, 5.41) is 10.6. The number of carbonyl (C=O) groups is 1. The lowest BCUT2D eigenvalue weighted by Gasteiger charge is -2.10. The number of rotatable bonds is 21. The topological polar surface area (TPSA) is 69.5 Å². The zero-order valence-electron chi connectivity index (χ0n) is 27.7. The van der Waals surface area contributed by atoms with Crippen molar-refractivity contribution in [2.24, 2.45) is 10.2 Å². The van der Waals surface area contributed by atoms with Crippen LogP contribution < -0.4 is 14.2 Å². The second-order valence-corrected chi connectivity index (χ2v) is 11.8. The minimum atomic E-state index is -0.419. The van der Waals surface area contributed by atoms with Gasteiger partial charge >= 0.3 is 5.97 Å². The Morgan fingerprint density at radius 1 is 0.543 bits per heavy atom. The van der Waals surface area contributed by atoms with Crippen molar-refractivity contribution < 1.29 is 19.0 Å². The second kappa shape index (κ2) is 20.0. The van der Waals surface area contributed by atoms with Gasteiger partial charge in [-0.1, -0.05) is 109 Å². The molecule has 0 unspecified atom stereocenters. The SMILES string of the molecule is CCCCCCCCCCCCOc1ccc(C(=O)Oc2ccc(N=Nc3ccc(OCCCCC)cc3)c3ccccc23)cc1. The molecule has 0 bridgehead atoms. The van der Waals surface area contributed by atoms with Gasteiger partial charge < -0.3 is 14.2 Å². The molecule has 0 saturated heterocycles. The monoisotopic (exact) mass is 622 g/mol. The summed E-state index contributed by atoms with van der Waals surface area (Å²) in [5.74, 6) is 1.66. The van der Waals surface area contributed by atoms with Crippen molar-refractivity contribution >= 4 is 28.1 Å². The summed E-state index contributed by atoms with van der Waals surface area (Å²) >= 11 is 0. The van der Waals surface area contributed by atoms with Crippen molar-refractivity contribution in [2.45, 2.75) is 97.3 Å². The first-order valence-corrected chi connectivity index (χ1v) is 17.3. The van der Waals surface area contributed by atoms with Gasteiger partial charge in [-0.25, -0.2) is 4.79 Å². The first kappa shape index (κ1) is 34.7. The maximum absolute atomic E-state index is 13.0. The van der Waals surface area contributed by atoms with Crippen LogP contribution in [0.25, 0.3) is 10.8 Å². The molecule has 4 rings (SSSR count). The maximum atomic E-state index is 13.0. The molecule has 4 aromatic rings. The van der Waals surface area contributed by atoms with Crippen LogP contribution in [0.4, 0.5) is 11.4 Å². The highest BCUT2D eigenvalue weighted by Gasteiger charge is 2.13. The summed E-state index contributed by atoms with van der Waals surface area (Å²) in [5.41, 5.74) is 1.90. The fraction of sp³-hybridized carbons (Fsp3) is 0.425. The molecule has 244 valence electrons. The van der Waals surface area contributed by atoms with E-state index in [1.807, 2.05) is 66.7 Å². The highest BCUT2D eigenvalue weighted by molar-refractivity contribution is 5.99. The first-order valence-electron chi connectivity index (χ1n) is 17.3. The molecule has 0 fully saturated rings. The number of hydrogen-bond acceptors (Lipinski definition) is 6. The molecule has 6 nitrogen and oxygen atoms in total. The molecule has 0 heterocycles. The number of hydrogen-bond donors (Lipinski definition) is 0. The quantitative estimate of drug-likeness (QED) is 0.0401. The highest BCUT2D eigenvalue weighted by atomic mass is 16.5. The number of carbonyl (C=O) groups excluding carboxylic acids is 1. The summed E-state index contributed by atoms with van der Waals surface area (Å²) in [6.07, 6.45) is 16.3. The van der Waals surface area contributed by atoms with Gasteiger partial charge in [0.05, 0.1) is 30.2 Å². The van der Waals surface area contributed by atoms with Crippen LogP contribution in [-0.2, 0) is 0 Å². The Morgan fingerprint density at radius 2 is 1.07 bits per heavy atom. The molecule has 0 atom stereocenters. The average molecular weight is 623 g/mol. The number of esters is 1. The first-order chi connectivity index (χ1) is 22.7. The standard InChI is InChI=1S/C40H50N2O4/c1-3-5-7-8-9-10-11-12-13-17-31-45-34-24-20-32(21-25-34)40(43)46-39-29-28-38(36-18-14-15-19-37(36)39)42-41-33-22-26-35(27-23-33)44-30-16-6-4-2/h14-15,18-29H,3-13,16-17,30-31H2,1-2H3. The fourth-order valence-electron chi connectivity index (χ4n) is 5.32. The third-order valence-corrected chi connectivity index (χ3v) is 8.05. The van der Waals surface area contributed by atoms with Gasteiger partial charge in [0.15, 0.2) is 0 Å². The molecule has 0 aromatic heterocycles. The van der Waals surface area contributed by atoms with Gasteiger partial charge in [-0.2, -0.15) is 5.11 Å². The Labute approximate surface area is 275 Å². The lowest BCUT2D eigenvalue weighted by Crippen LogP contribution is -2.08. The van der Waals surface area contributed by atoms with E-state index in [1.165, 1.54) is 70.6 Å². The predicted molar refractivity (Wildman–Crippen MR) is 188 cm³/mol. The van der Waals surface area contributed by atoms with Crippen molar-refractivity contribution in [3.63, 3.8) is 0 Å². The molecule has 46 heavy (non-hydrogen) atoms. The van der Waals surface area contributed by atoms with Crippen LogP contribution in [0.2, 0.25) is 0 Å². The van der Waals surface area contributed by atoms with Crippen LogP contribution in [0.3, 0.4) is 0 Å². The van der Waals surface area contributed by atoms with Crippen LogP contribution in [0.1, 0.15) is 108 Å². The molecule has 0 aliphatic carbocycles. The van der Waals surface area contributed by atoms with Gasteiger partial charge in [0.2, 0.25) is 0 Å². The number of azo groups is 1. The number of benzene rings is 4. The predicted octanol–water partition coefficient (Wildman–Crippen LogP) is 12.3. The third-order valence-electron chi connectivity index (χ3n) is 8.05. The van der Waals surface area contributed by atoms with Crippen molar-refractivity contribution in [3.8, 4) is 17.2 Å². The summed E-state index contributed by atoms with van der Waals surface area (Å²) in [4.78, 5) is 13.0. The smallest absolute Gasteiger partial charge is 0.343 e. The lowest BCUT2D eigenvalue weighted by molar-refractivity contribution is 0.0737. The van der Waals surface area contributed by atoms with E-state index in [4.69, 9.17) is 14.2 Å². The van der Waals surface area contributed by atoms with E-state index in [9.17, 15) is 4.79 Å². The van der Waals surface area contributed by atoms with Gasteiger partial charge in [0.1, 0.15) is 17.2 Å². The van der Waals surface area contributed by atoms with Crippen molar-refractivity contribution in [1.29, 1.82) is 0 Å². The molecule has 0 spiro atoms. The molecule has 0 amide bonds. The van der Waals surface area contributed by atoms with Gasteiger partial charge in [-0.05, 0) is 73.5 Å². The fourth-order valence-corrected chi connectivity index (χ4v) is 5.32. The molecule has 0 aliphatic rings. The highest BCUT2D eigenvalue weighted by Crippen LogP contribution is 2.35. The van der Waals surface area contributed by atoms with E-state index in [2.05, 4.69) is 24.1 Å². The number of fused-ring (bicyclic) bond motifs is 1. The van der Waals surface area contributed by atoms with E-state index in [0.29, 0.717) is 23.6 Å². The Kier molecular flexibility index (Phi) is 15.1. The van der Waals surface area contributed by atoms with Crippen LogP contribution in [0.15, 0.2) is 95.2 Å². The molecule has 0 aliphatic heterocycles. The molecular formula is C40H50N2O4. The summed E-state index contributed by atoms with van der Waals surface area (Å²) in [6, 6.07) is 26.1. The Hall–Kier alpha value is -4.19. The second-order valence-electron chi connectivity index (χ2n) is 11.8. The number of ether oxygens (including phenoxy) is 3. The Bertz CT molecular complexity index is 1480.